The SMILES string of the molecule is NC(=O)COCCNS(=O)(=O)c1ccc(C(=O)O)c(Cl)c1. The van der Waals surface area contributed by atoms with Crippen LogP contribution in [0, 0.1) is 0 Å². The number of primary amides is 1. The molecule has 0 aromatic heterocycles. The molecule has 0 saturated carbocycles. The predicted octanol–water partition coefficient (Wildman–Crippen LogP) is -0.182. The van der Waals surface area contributed by atoms with Gasteiger partial charge in [0.2, 0.25) is 15.9 Å². The third-order valence-electron chi connectivity index (χ3n) is 2.26. The van der Waals surface area contributed by atoms with Crippen LogP contribution in [-0.4, -0.2) is 45.2 Å². The van der Waals surface area contributed by atoms with E-state index in [0.717, 1.165) is 18.2 Å². The van der Waals surface area contributed by atoms with Gasteiger partial charge in [-0.2, -0.15) is 0 Å². The number of sulfonamides is 1. The Kier molecular flexibility index (Phi) is 6.09. The number of halogens is 1. The van der Waals surface area contributed by atoms with E-state index in [1.54, 1.807) is 0 Å². The quantitative estimate of drug-likeness (QED) is 0.563. The van der Waals surface area contributed by atoms with Crippen LogP contribution in [0.4, 0.5) is 0 Å². The van der Waals surface area contributed by atoms with Gasteiger partial charge in [0.25, 0.3) is 0 Å². The molecule has 0 aliphatic heterocycles. The van der Waals surface area contributed by atoms with Gasteiger partial charge in [-0.15, -0.1) is 0 Å². The molecule has 21 heavy (non-hydrogen) atoms. The Morgan fingerprint density at radius 2 is 2.05 bits per heavy atom. The maximum Gasteiger partial charge on any atom is 0.337 e. The average molecular weight is 337 g/mol. The lowest BCUT2D eigenvalue weighted by molar-refractivity contribution is -0.122. The van der Waals surface area contributed by atoms with Gasteiger partial charge in [0.1, 0.15) is 6.61 Å². The molecular formula is C11H13ClN2O6S. The van der Waals surface area contributed by atoms with Crippen molar-refractivity contribution in [3.63, 3.8) is 0 Å². The fourth-order valence-electron chi connectivity index (χ4n) is 1.34. The summed E-state index contributed by atoms with van der Waals surface area (Å²) in [6, 6.07) is 3.27. The van der Waals surface area contributed by atoms with Gasteiger partial charge in [0, 0.05) is 6.54 Å². The summed E-state index contributed by atoms with van der Waals surface area (Å²) < 4.78 is 30.8. The zero-order chi connectivity index (χ0) is 16.0. The smallest absolute Gasteiger partial charge is 0.337 e. The number of amides is 1. The van der Waals surface area contributed by atoms with Crippen LogP contribution in [0.5, 0.6) is 0 Å². The fraction of sp³-hybridized carbons (Fsp3) is 0.273. The summed E-state index contributed by atoms with van der Waals surface area (Å²) in [5, 5.41) is 8.62. The van der Waals surface area contributed by atoms with Gasteiger partial charge in [-0.25, -0.2) is 17.9 Å². The minimum atomic E-state index is -3.85. The van der Waals surface area contributed by atoms with Gasteiger partial charge in [-0.05, 0) is 18.2 Å². The van der Waals surface area contributed by atoms with E-state index in [9.17, 15) is 18.0 Å². The summed E-state index contributed by atoms with van der Waals surface area (Å²) in [6.45, 7) is -0.419. The maximum absolute atomic E-state index is 11.9. The van der Waals surface area contributed by atoms with E-state index < -0.39 is 21.9 Å². The minimum Gasteiger partial charge on any atom is -0.478 e. The first-order valence-corrected chi connectivity index (χ1v) is 7.48. The third kappa shape index (κ3) is 5.31. The molecule has 0 atom stereocenters. The van der Waals surface area contributed by atoms with Crippen LogP contribution < -0.4 is 10.5 Å². The zero-order valence-electron chi connectivity index (χ0n) is 10.7. The number of carboxylic acid groups (broad SMARTS) is 1. The molecule has 0 unspecified atom stereocenters. The summed E-state index contributed by atoms with van der Waals surface area (Å²) in [7, 11) is -3.85. The van der Waals surface area contributed by atoms with Crippen molar-refractivity contribution in [3.05, 3.63) is 28.8 Å². The molecule has 0 aliphatic rings. The molecule has 116 valence electrons. The summed E-state index contributed by atoms with van der Waals surface area (Å²) in [5.74, 6) is -1.91. The second-order valence-electron chi connectivity index (χ2n) is 3.86. The van der Waals surface area contributed by atoms with E-state index in [1.165, 1.54) is 0 Å². The topological polar surface area (TPSA) is 136 Å². The van der Waals surface area contributed by atoms with E-state index in [2.05, 4.69) is 4.72 Å². The van der Waals surface area contributed by atoms with Gasteiger partial charge in [-0.1, -0.05) is 11.6 Å². The van der Waals surface area contributed by atoms with Gasteiger partial charge in [0.05, 0.1) is 22.1 Å². The van der Waals surface area contributed by atoms with E-state index in [-0.39, 0.29) is 35.2 Å². The molecule has 0 saturated heterocycles. The van der Waals surface area contributed by atoms with Crippen molar-refractivity contribution in [1.29, 1.82) is 0 Å². The standard InChI is InChI=1S/C11H13ClN2O6S/c12-9-5-7(1-2-8(9)11(16)17)21(18,19)14-3-4-20-6-10(13)15/h1-2,5,14H,3-4,6H2,(H2,13,15)(H,16,17). The Hall–Kier alpha value is -1.68. The normalized spacial score (nSPS) is 11.3. The number of benzene rings is 1. The minimum absolute atomic E-state index is 0.0386. The van der Waals surface area contributed by atoms with Crippen molar-refractivity contribution in [1.82, 2.24) is 4.72 Å². The summed E-state index contributed by atoms with van der Waals surface area (Å²) in [6.07, 6.45) is 0. The number of hydrogen-bond donors (Lipinski definition) is 3. The van der Waals surface area contributed by atoms with Crippen molar-refractivity contribution < 1.29 is 27.9 Å². The molecule has 0 heterocycles. The molecule has 0 aliphatic carbocycles. The van der Waals surface area contributed by atoms with Gasteiger partial charge >= 0.3 is 5.97 Å². The first-order valence-electron chi connectivity index (χ1n) is 5.62. The van der Waals surface area contributed by atoms with Gasteiger partial charge in [-0.3, -0.25) is 4.79 Å². The fourth-order valence-corrected chi connectivity index (χ4v) is 2.71. The number of aromatic carboxylic acids is 1. The highest BCUT2D eigenvalue weighted by Crippen LogP contribution is 2.20. The lowest BCUT2D eigenvalue weighted by Crippen LogP contribution is -2.29. The van der Waals surface area contributed by atoms with Crippen LogP contribution in [0.3, 0.4) is 0 Å². The molecule has 4 N–H and O–H groups in total. The van der Waals surface area contributed by atoms with E-state index in [0.29, 0.717) is 0 Å². The maximum atomic E-state index is 11.9. The molecular weight excluding hydrogens is 324 g/mol. The molecule has 8 nitrogen and oxygen atoms in total. The van der Waals surface area contributed by atoms with Crippen molar-refractivity contribution in [2.24, 2.45) is 5.73 Å². The number of hydrogen-bond acceptors (Lipinski definition) is 5. The average Bonchev–Trinajstić information content (AvgIpc) is 2.37. The highest BCUT2D eigenvalue weighted by atomic mass is 35.5. The van der Waals surface area contributed by atoms with Crippen molar-refractivity contribution >= 4 is 33.5 Å². The Morgan fingerprint density at radius 3 is 2.57 bits per heavy atom. The number of carbonyl (C=O) groups excluding carboxylic acids is 1. The molecule has 0 fully saturated rings. The van der Waals surface area contributed by atoms with Gasteiger partial charge in [0.15, 0.2) is 0 Å². The van der Waals surface area contributed by atoms with Crippen LogP contribution >= 0.6 is 11.6 Å². The van der Waals surface area contributed by atoms with Crippen LogP contribution in [0.15, 0.2) is 23.1 Å². The zero-order valence-corrected chi connectivity index (χ0v) is 12.3. The van der Waals surface area contributed by atoms with E-state index >= 15 is 0 Å². The summed E-state index contributed by atoms with van der Waals surface area (Å²) >= 11 is 5.70. The second-order valence-corrected chi connectivity index (χ2v) is 6.04. The molecule has 10 heteroatoms. The molecule has 0 bridgehead atoms. The molecule has 1 rings (SSSR count). The third-order valence-corrected chi connectivity index (χ3v) is 4.04. The van der Waals surface area contributed by atoms with Crippen LogP contribution in [0.25, 0.3) is 0 Å². The number of carbonyl (C=O) groups is 2. The number of rotatable bonds is 8. The Balaban J connectivity index is 2.68. The molecule has 0 radical (unpaired) electrons. The van der Waals surface area contributed by atoms with Gasteiger partial charge < -0.3 is 15.6 Å². The number of ether oxygens (including phenoxy) is 1. The summed E-state index contributed by atoms with van der Waals surface area (Å²) in [4.78, 5) is 21.0. The number of carboxylic acids is 1. The highest BCUT2D eigenvalue weighted by Gasteiger charge is 2.17. The van der Waals surface area contributed by atoms with E-state index in [1.807, 2.05) is 0 Å². The Bertz CT molecular complexity index is 646. The molecule has 1 amide bonds. The second kappa shape index (κ2) is 7.36. The number of nitrogens with one attached hydrogen (secondary N) is 1. The van der Waals surface area contributed by atoms with E-state index in [4.69, 9.17) is 27.2 Å². The Morgan fingerprint density at radius 1 is 1.38 bits per heavy atom. The first kappa shape index (κ1) is 17.4. The Labute approximate surface area is 125 Å². The largest absolute Gasteiger partial charge is 0.478 e. The molecule has 1 aromatic carbocycles. The van der Waals surface area contributed by atoms with Crippen LogP contribution in [0.1, 0.15) is 10.4 Å². The monoisotopic (exact) mass is 336 g/mol. The van der Waals surface area contributed by atoms with Crippen molar-refractivity contribution in [2.75, 3.05) is 19.8 Å². The van der Waals surface area contributed by atoms with Crippen molar-refractivity contribution in [3.8, 4) is 0 Å². The predicted molar refractivity (Wildman–Crippen MR) is 73.6 cm³/mol. The molecule has 0 spiro atoms. The lowest BCUT2D eigenvalue weighted by Gasteiger charge is -2.08. The lowest BCUT2D eigenvalue weighted by atomic mass is 10.2. The first-order chi connectivity index (χ1) is 9.74. The highest BCUT2D eigenvalue weighted by molar-refractivity contribution is 7.89. The molecule has 1 aromatic rings. The van der Waals surface area contributed by atoms with Crippen LogP contribution in [0.2, 0.25) is 5.02 Å². The van der Waals surface area contributed by atoms with Crippen LogP contribution in [-0.2, 0) is 19.6 Å². The van der Waals surface area contributed by atoms with Crippen molar-refractivity contribution in [2.45, 2.75) is 4.90 Å². The number of nitrogens with two attached hydrogens (primary N) is 1. The summed E-state index contributed by atoms with van der Waals surface area (Å²) in [5.41, 5.74) is 4.65.